The Bertz CT molecular complexity index is 528. The zero-order valence-corrected chi connectivity index (χ0v) is 11.5. The lowest BCUT2D eigenvalue weighted by Gasteiger charge is -2.08. The maximum Gasteiger partial charge on any atom is 0.146 e. The Morgan fingerprint density at radius 2 is 1.89 bits per heavy atom. The summed E-state index contributed by atoms with van der Waals surface area (Å²) in [7, 11) is 0. The van der Waals surface area contributed by atoms with Crippen LogP contribution in [-0.2, 0) is 6.54 Å². The Morgan fingerprint density at radius 1 is 1.17 bits per heavy atom. The predicted octanol–water partition coefficient (Wildman–Crippen LogP) is 4.81. The molecule has 0 spiro atoms. The first-order valence-electron chi connectivity index (χ1n) is 5.51. The fourth-order valence-electron chi connectivity index (χ4n) is 1.59. The molecule has 0 saturated carbocycles. The third-order valence-electron chi connectivity index (χ3n) is 2.60. The summed E-state index contributed by atoms with van der Waals surface area (Å²) >= 11 is 7.42. The zero-order valence-electron chi connectivity index (χ0n) is 9.91. The minimum atomic E-state index is -0.354. The number of nitrogens with one attached hydrogen (secondary N) is 1. The zero-order chi connectivity index (χ0) is 13.0. The smallest absolute Gasteiger partial charge is 0.146 e. The van der Waals surface area contributed by atoms with Gasteiger partial charge >= 0.3 is 0 Å². The summed E-state index contributed by atoms with van der Waals surface area (Å²) < 4.78 is 13.6. The van der Waals surface area contributed by atoms with E-state index >= 15 is 0 Å². The molecular weight excluding hydrogens is 269 g/mol. The van der Waals surface area contributed by atoms with Crippen LogP contribution in [0.5, 0.6) is 0 Å². The third kappa shape index (κ3) is 3.18. The summed E-state index contributed by atoms with van der Waals surface area (Å²) in [5, 5.41) is 3.33. The second-order valence-corrected chi connectivity index (χ2v) is 5.08. The molecule has 2 aromatic carbocycles. The van der Waals surface area contributed by atoms with Gasteiger partial charge in [-0.05, 0) is 36.6 Å². The largest absolute Gasteiger partial charge is 0.381 e. The van der Waals surface area contributed by atoms with E-state index in [4.69, 9.17) is 11.6 Å². The van der Waals surface area contributed by atoms with Crippen LogP contribution in [0.2, 0.25) is 5.02 Å². The molecule has 0 atom stereocenters. The lowest BCUT2D eigenvalue weighted by molar-refractivity contribution is 0.613. The van der Waals surface area contributed by atoms with Gasteiger partial charge in [-0.2, -0.15) is 0 Å². The van der Waals surface area contributed by atoms with Crippen molar-refractivity contribution >= 4 is 29.1 Å². The monoisotopic (exact) mass is 281 g/mol. The first kappa shape index (κ1) is 13.2. The lowest BCUT2D eigenvalue weighted by Crippen LogP contribution is -2.01. The highest BCUT2D eigenvalue weighted by Gasteiger charge is 2.05. The van der Waals surface area contributed by atoms with Crippen LogP contribution in [0.1, 0.15) is 5.56 Å². The molecule has 0 fully saturated rings. The number of benzene rings is 2. The van der Waals surface area contributed by atoms with Gasteiger partial charge in [0.2, 0.25) is 0 Å². The minimum absolute atomic E-state index is 0.159. The molecule has 0 bridgehead atoms. The van der Waals surface area contributed by atoms with Gasteiger partial charge in [0.25, 0.3) is 0 Å². The second-order valence-electron chi connectivity index (χ2n) is 3.79. The van der Waals surface area contributed by atoms with E-state index in [-0.39, 0.29) is 10.8 Å². The summed E-state index contributed by atoms with van der Waals surface area (Å²) in [4.78, 5) is 1.20. The van der Waals surface area contributed by atoms with Crippen molar-refractivity contribution in [2.45, 2.75) is 11.4 Å². The molecule has 0 unspecified atom stereocenters. The number of hydrogen-bond donors (Lipinski definition) is 1. The van der Waals surface area contributed by atoms with Crippen LogP contribution in [0, 0.1) is 5.82 Å². The number of halogens is 2. The van der Waals surface area contributed by atoms with E-state index in [1.807, 2.05) is 30.5 Å². The second kappa shape index (κ2) is 6.12. The van der Waals surface area contributed by atoms with Gasteiger partial charge in [0.1, 0.15) is 5.82 Å². The summed E-state index contributed by atoms with van der Waals surface area (Å²) in [5.74, 6) is -0.354. The molecule has 0 aliphatic heterocycles. The fourth-order valence-corrected chi connectivity index (χ4v) is 2.19. The summed E-state index contributed by atoms with van der Waals surface area (Å²) in [6.07, 6.45) is 2.03. The van der Waals surface area contributed by atoms with Crippen molar-refractivity contribution in [1.82, 2.24) is 0 Å². The first-order valence-corrected chi connectivity index (χ1v) is 7.12. The van der Waals surface area contributed by atoms with Gasteiger partial charge in [-0.3, -0.25) is 0 Å². The topological polar surface area (TPSA) is 12.0 Å². The van der Waals surface area contributed by atoms with Crippen molar-refractivity contribution in [3.63, 3.8) is 0 Å². The van der Waals surface area contributed by atoms with Crippen molar-refractivity contribution in [1.29, 1.82) is 0 Å². The third-order valence-corrected chi connectivity index (χ3v) is 3.64. The molecule has 0 saturated heterocycles. The van der Waals surface area contributed by atoms with Crippen LogP contribution in [0.3, 0.4) is 0 Å². The normalized spacial score (nSPS) is 10.4. The van der Waals surface area contributed by atoms with Crippen LogP contribution in [0.15, 0.2) is 47.4 Å². The highest BCUT2D eigenvalue weighted by atomic mass is 35.5. The maximum atomic E-state index is 13.6. The lowest BCUT2D eigenvalue weighted by atomic mass is 10.2. The average molecular weight is 282 g/mol. The number of thioether (sulfide) groups is 1. The molecule has 2 aromatic rings. The Balaban J connectivity index is 2.04. The van der Waals surface area contributed by atoms with Gasteiger partial charge in [0, 0.05) is 22.7 Å². The van der Waals surface area contributed by atoms with Crippen molar-refractivity contribution in [2.24, 2.45) is 0 Å². The Hall–Kier alpha value is -1.19. The Morgan fingerprint density at radius 3 is 2.56 bits per heavy atom. The van der Waals surface area contributed by atoms with Crippen molar-refractivity contribution in [3.8, 4) is 0 Å². The molecule has 94 valence electrons. The van der Waals surface area contributed by atoms with Crippen LogP contribution in [0.4, 0.5) is 10.1 Å². The predicted molar refractivity (Wildman–Crippen MR) is 77.0 cm³/mol. The molecule has 2 rings (SSSR count). The Kier molecular flexibility index (Phi) is 4.50. The molecule has 1 N–H and O–H groups in total. The van der Waals surface area contributed by atoms with Crippen molar-refractivity contribution in [3.05, 3.63) is 58.9 Å². The van der Waals surface area contributed by atoms with E-state index in [0.29, 0.717) is 12.1 Å². The molecular formula is C14H13ClFNS. The Labute approximate surface area is 115 Å². The highest BCUT2D eigenvalue weighted by molar-refractivity contribution is 7.98. The molecule has 1 nitrogen and oxygen atoms in total. The van der Waals surface area contributed by atoms with E-state index in [2.05, 4.69) is 5.32 Å². The van der Waals surface area contributed by atoms with Crippen LogP contribution in [0.25, 0.3) is 0 Å². The average Bonchev–Trinajstić information content (AvgIpc) is 2.41. The fraction of sp³-hybridized carbons (Fsp3) is 0.143. The van der Waals surface area contributed by atoms with E-state index < -0.39 is 0 Å². The van der Waals surface area contributed by atoms with Gasteiger partial charge in [0.05, 0.1) is 5.02 Å². The highest BCUT2D eigenvalue weighted by Crippen LogP contribution is 2.20. The van der Waals surface area contributed by atoms with E-state index in [1.165, 1.54) is 4.90 Å². The molecule has 0 amide bonds. The maximum absolute atomic E-state index is 13.6. The van der Waals surface area contributed by atoms with Gasteiger partial charge in [0.15, 0.2) is 0 Å². The molecule has 18 heavy (non-hydrogen) atoms. The quantitative estimate of drug-likeness (QED) is 0.807. The molecule has 0 aliphatic carbocycles. The summed E-state index contributed by atoms with van der Waals surface area (Å²) in [6.45, 7) is 0.422. The van der Waals surface area contributed by atoms with E-state index in [9.17, 15) is 4.39 Å². The van der Waals surface area contributed by atoms with Gasteiger partial charge < -0.3 is 5.32 Å². The molecule has 0 aromatic heterocycles. The van der Waals surface area contributed by atoms with Gasteiger partial charge in [-0.25, -0.2) is 4.39 Å². The number of anilines is 1. The van der Waals surface area contributed by atoms with Gasteiger partial charge in [-0.1, -0.05) is 23.7 Å². The number of rotatable bonds is 4. The van der Waals surface area contributed by atoms with Crippen LogP contribution >= 0.6 is 23.4 Å². The number of hydrogen-bond acceptors (Lipinski definition) is 2. The molecule has 0 aliphatic rings. The van der Waals surface area contributed by atoms with Crippen LogP contribution in [-0.4, -0.2) is 6.26 Å². The summed E-state index contributed by atoms with van der Waals surface area (Å²) in [5.41, 5.74) is 1.53. The minimum Gasteiger partial charge on any atom is -0.381 e. The SMILES string of the molecule is CSc1ccc(NCc2cccc(Cl)c2F)cc1. The molecule has 0 radical (unpaired) electrons. The van der Waals surface area contributed by atoms with Gasteiger partial charge in [-0.15, -0.1) is 11.8 Å². The molecule has 4 heteroatoms. The standard InChI is InChI=1S/C14H13ClFNS/c1-18-12-7-5-11(6-8-12)17-9-10-3-2-4-13(15)14(10)16/h2-8,17H,9H2,1H3. The van der Waals surface area contributed by atoms with E-state index in [1.54, 1.807) is 30.0 Å². The van der Waals surface area contributed by atoms with Crippen LogP contribution < -0.4 is 5.32 Å². The molecule has 0 heterocycles. The first-order chi connectivity index (χ1) is 8.70. The van der Waals surface area contributed by atoms with E-state index in [0.717, 1.165) is 5.69 Å². The van der Waals surface area contributed by atoms with Crippen molar-refractivity contribution < 1.29 is 4.39 Å². The summed E-state index contributed by atoms with van der Waals surface area (Å²) in [6, 6.07) is 13.0. The van der Waals surface area contributed by atoms with Crippen molar-refractivity contribution in [2.75, 3.05) is 11.6 Å².